The number of pyridine rings is 1. The highest BCUT2D eigenvalue weighted by atomic mass is 32.1. The normalized spacial score (nSPS) is 19.7. The average molecular weight is 344 g/mol. The molecule has 24 heavy (non-hydrogen) atoms. The lowest BCUT2D eigenvalue weighted by Crippen LogP contribution is -2.31. The zero-order valence-corrected chi connectivity index (χ0v) is 14.2. The molecule has 126 valence electrons. The third-order valence-corrected chi connectivity index (χ3v) is 4.88. The minimum Gasteiger partial charge on any atom is -0.375 e. The van der Waals surface area contributed by atoms with Gasteiger partial charge < -0.3 is 10.4 Å². The predicted molar refractivity (Wildman–Crippen MR) is 94.6 cm³/mol. The number of likely N-dealkylation sites (tertiary alicyclic amines) is 1. The summed E-state index contributed by atoms with van der Waals surface area (Å²) in [6.07, 6.45) is 7.49. The van der Waals surface area contributed by atoms with Gasteiger partial charge in [-0.05, 0) is 30.2 Å². The number of carbonyl (C=O) groups is 1. The van der Waals surface area contributed by atoms with E-state index in [1.165, 1.54) is 6.92 Å². The van der Waals surface area contributed by atoms with Gasteiger partial charge in [0.25, 0.3) is 0 Å². The summed E-state index contributed by atoms with van der Waals surface area (Å²) in [5.41, 5.74) is 0.874. The first-order valence-corrected chi connectivity index (χ1v) is 8.73. The van der Waals surface area contributed by atoms with Crippen LogP contribution in [0.4, 0.5) is 5.82 Å². The highest BCUT2D eigenvalue weighted by molar-refractivity contribution is 7.09. The van der Waals surface area contributed by atoms with Gasteiger partial charge >= 0.3 is 0 Å². The second-order valence-corrected chi connectivity index (χ2v) is 6.71. The van der Waals surface area contributed by atoms with Crippen molar-refractivity contribution in [2.75, 3.05) is 18.4 Å². The summed E-state index contributed by atoms with van der Waals surface area (Å²) >= 11 is 1.67. The molecule has 1 amide bonds. The number of hydrogen-bond acceptors (Lipinski definition) is 6. The molecule has 0 saturated carbocycles. The average Bonchev–Trinajstić information content (AvgIpc) is 3.24. The molecule has 0 aromatic carbocycles. The summed E-state index contributed by atoms with van der Waals surface area (Å²) in [6.45, 7) is 3.12. The molecule has 0 spiro atoms. The van der Waals surface area contributed by atoms with E-state index in [9.17, 15) is 9.90 Å². The highest BCUT2D eigenvalue weighted by Gasteiger charge is 2.28. The van der Waals surface area contributed by atoms with Gasteiger partial charge in [-0.1, -0.05) is 6.08 Å². The maximum Gasteiger partial charge on any atom is 0.222 e. The third-order valence-electron chi connectivity index (χ3n) is 3.95. The number of aliphatic hydroxyl groups excluding tert-OH is 1. The Balaban J connectivity index is 1.55. The Kier molecular flexibility index (Phi) is 5.34. The van der Waals surface area contributed by atoms with Crippen LogP contribution in [-0.4, -0.2) is 45.2 Å². The fraction of sp³-hybridized carbons (Fsp3) is 0.353. The molecular formula is C17H20N4O2S. The van der Waals surface area contributed by atoms with Crippen LogP contribution in [0.5, 0.6) is 0 Å². The summed E-state index contributed by atoms with van der Waals surface area (Å²) in [5.74, 6) is 0.780. The lowest BCUT2D eigenvalue weighted by atomic mass is 10.1. The summed E-state index contributed by atoms with van der Waals surface area (Å²) in [4.78, 5) is 21.5. The van der Waals surface area contributed by atoms with Crippen molar-refractivity contribution < 1.29 is 9.90 Å². The standard InChI is InChI=1S/C17H20N4O2S/c1-12(22)20-15-4-2-13(10-19-15)3-5-16(23)21-8-6-14(11-21)17-18-7-9-24-17/h2-5,7,9-10,14,16,23H,6,8,11H2,1H3,(H,19,20,22)/b5-3+. The molecule has 2 atom stereocenters. The topological polar surface area (TPSA) is 78.4 Å². The Bertz CT molecular complexity index is 700. The maximum atomic E-state index is 11.0. The quantitative estimate of drug-likeness (QED) is 0.870. The lowest BCUT2D eigenvalue weighted by molar-refractivity contribution is -0.114. The van der Waals surface area contributed by atoms with Crippen LogP contribution < -0.4 is 5.32 Å². The minimum absolute atomic E-state index is 0.148. The van der Waals surface area contributed by atoms with E-state index >= 15 is 0 Å². The van der Waals surface area contributed by atoms with Gasteiger partial charge in [0, 0.05) is 43.7 Å². The van der Waals surface area contributed by atoms with Crippen molar-refractivity contribution in [1.29, 1.82) is 0 Å². The summed E-state index contributed by atoms with van der Waals surface area (Å²) in [5, 5.41) is 16.1. The molecule has 2 N–H and O–H groups in total. The Labute approximate surface area is 144 Å². The van der Waals surface area contributed by atoms with Crippen molar-refractivity contribution in [3.63, 3.8) is 0 Å². The van der Waals surface area contributed by atoms with E-state index in [0.29, 0.717) is 11.7 Å². The van der Waals surface area contributed by atoms with Crippen molar-refractivity contribution in [2.24, 2.45) is 0 Å². The van der Waals surface area contributed by atoms with Gasteiger partial charge in [-0.3, -0.25) is 9.69 Å². The summed E-state index contributed by atoms with van der Waals surface area (Å²) in [6, 6.07) is 3.59. The molecule has 1 aliphatic heterocycles. The molecule has 1 fully saturated rings. The molecule has 1 aliphatic rings. The Morgan fingerprint density at radius 1 is 1.50 bits per heavy atom. The molecule has 0 radical (unpaired) electrons. The first-order valence-electron chi connectivity index (χ1n) is 7.85. The van der Waals surface area contributed by atoms with E-state index in [4.69, 9.17) is 0 Å². The molecule has 0 aliphatic carbocycles. The summed E-state index contributed by atoms with van der Waals surface area (Å²) in [7, 11) is 0. The van der Waals surface area contributed by atoms with Gasteiger partial charge in [0.1, 0.15) is 12.0 Å². The molecule has 2 aromatic heterocycles. The SMILES string of the molecule is CC(=O)Nc1ccc(/C=C/C(O)N2CCC(c3nccs3)C2)cn1. The molecular weight excluding hydrogens is 324 g/mol. The van der Waals surface area contributed by atoms with E-state index in [1.54, 1.807) is 29.7 Å². The summed E-state index contributed by atoms with van der Waals surface area (Å²) < 4.78 is 0. The molecule has 0 bridgehead atoms. The number of aliphatic hydroxyl groups is 1. The monoisotopic (exact) mass is 344 g/mol. The zero-order chi connectivity index (χ0) is 16.9. The minimum atomic E-state index is -0.620. The smallest absolute Gasteiger partial charge is 0.222 e. The number of amides is 1. The first kappa shape index (κ1) is 16.8. The first-order chi connectivity index (χ1) is 11.6. The van der Waals surface area contributed by atoms with Gasteiger partial charge in [0.05, 0.1) is 5.01 Å². The zero-order valence-electron chi connectivity index (χ0n) is 13.4. The molecule has 1 saturated heterocycles. The number of nitrogens with one attached hydrogen (secondary N) is 1. The second-order valence-electron chi connectivity index (χ2n) is 5.78. The van der Waals surface area contributed by atoms with Gasteiger partial charge in [0.2, 0.25) is 5.91 Å². The lowest BCUT2D eigenvalue weighted by Gasteiger charge is -2.19. The number of aromatic nitrogens is 2. The van der Waals surface area contributed by atoms with Crippen LogP contribution in [0.2, 0.25) is 0 Å². The maximum absolute atomic E-state index is 11.0. The fourth-order valence-electron chi connectivity index (χ4n) is 2.74. The number of anilines is 1. The van der Waals surface area contributed by atoms with Crippen LogP contribution in [0.3, 0.4) is 0 Å². The predicted octanol–water partition coefficient (Wildman–Crippen LogP) is 2.32. The van der Waals surface area contributed by atoms with Crippen LogP contribution in [0.15, 0.2) is 36.0 Å². The number of thiazole rings is 1. The van der Waals surface area contributed by atoms with E-state index in [2.05, 4.69) is 15.3 Å². The van der Waals surface area contributed by atoms with E-state index in [0.717, 1.165) is 30.1 Å². The number of rotatable bonds is 5. The molecule has 2 unspecified atom stereocenters. The molecule has 6 nitrogen and oxygen atoms in total. The Morgan fingerprint density at radius 3 is 3.04 bits per heavy atom. The molecule has 3 heterocycles. The van der Waals surface area contributed by atoms with Gasteiger partial charge in [0.15, 0.2) is 0 Å². The van der Waals surface area contributed by atoms with Crippen molar-refractivity contribution in [2.45, 2.75) is 25.5 Å². The Hall–Kier alpha value is -2.09. The molecule has 3 rings (SSSR count). The third kappa shape index (κ3) is 4.25. The van der Waals surface area contributed by atoms with Crippen LogP contribution in [0, 0.1) is 0 Å². The molecule has 7 heteroatoms. The number of hydrogen-bond donors (Lipinski definition) is 2. The van der Waals surface area contributed by atoms with Gasteiger partial charge in [-0.2, -0.15) is 0 Å². The van der Waals surface area contributed by atoms with Crippen LogP contribution in [-0.2, 0) is 4.79 Å². The van der Waals surface area contributed by atoms with Gasteiger partial charge in [-0.25, -0.2) is 9.97 Å². The van der Waals surface area contributed by atoms with Crippen LogP contribution in [0.1, 0.15) is 29.8 Å². The van der Waals surface area contributed by atoms with Crippen molar-refractivity contribution >= 4 is 29.1 Å². The number of nitrogens with zero attached hydrogens (tertiary/aromatic N) is 3. The van der Waals surface area contributed by atoms with E-state index in [-0.39, 0.29) is 5.91 Å². The highest BCUT2D eigenvalue weighted by Crippen LogP contribution is 2.29. The van der Waals surface area contributed by atoms with Crippen molar-refractivity contribution in [3.8, 4) is 0 Å². The molecule has 2 aromatic rings. The Morgan fingerprint density at radius 2 is 2.38 bits per heavy atom. The van der Waals surface area contributed by atoms with E-state index in [1.807, 2.05) is 28.6 Å². The van der Waals surface area contributed by atoms with Crippen molar-refractivity contribution in [3.05, 3.63) is 46.6 Å². The second kappa shape index (κ2) is 7.65. The van der Waals surface area contributed by atoms with Crippen molar-refractivity contribution in [1.82, 2.24) is 14.9 Å². The van der Waals surface area contributed by atoms with Crippen LogP contribution >= 0.6 is 11.3 Å². The largest absolute Gasteiger partial charge is 0.375 e. The number of carbonyl (C=O) groups excluding carboxylic acids is 1. The van der Waals surface area contributed by atoms with Crippen LogP contribution in [0.25, 0.3) is 6.08 Å². The van der Waals surface area contributed by atoms with Gasteiger partial charge in [-0.15, -0.1) is 11.3 Å². The fourth-order valence-corrected chi connectivity index (χ4v) is 3.51. The van der Waals surface area contributed by atoms with E-state index < -0.39 is 6.23 Å².